The van der Waals surface area contributed by atoms with Crippen LogP contribution >= 0.6 is 0 Å². The maximum absolute atomic E-state index is 13.9. The highest BCUT2D eigenvalue weighted by atomic mass is 32.2. The summed E-state index contributed by atoms with van der Waals surface area (Å²) >= 11 is 0. The molecular formula is C23H22F3N5O4S2. The van der Waals surface area contributed by atoms with Crippen molar-refractivity contribution in [2.24, 2.45) is 4.36 Å². The third kappa shape index (κ3) is 5.59. The van der Waals surface area contributed by atoms with Crippen LogP contribution in [0.1, 0.15) is 18.2 Å². The minimum Gasteiger partial charge on any atom is -0.284 e. The molecule has 37 heavy (non-hydrogen) atoms. The van der Waals surface area contributed by atoms with Crippen molar-refractivity contribution in [3.8, 4) is 11.4 Å². The number of imidazole rings is 1. The van der Waals surface area contributed by atoms with Gasteiger partial charge in [-0.2, -0.15) is 17.5 Å². The van der Waals surface area contributed by atoms with E-state index in [0.717, 1.165) is 16.7 Å². The normalized spacial score (nSPS) is 12.7. The molecule has 0 atom stereocenters. The van der Waals surface area contributed by atoms with Crippen molar-refractivity contribution in [2.45, 2.75) is 24.5 Å². The summed E-state index contributed by atoms with van der Waals surface area (Å²) in [6.07, 6.45) is 0.226. The lowest BCUT2D eigenvalue weighted by Crippen LogP contribution is -2.32. The van der Waals surface area contributed by atoms with Crippen LogP contribution in [0.3, 0.4) is 0 Å². The molecule has 0 fully saturated rings. The zero-order chi connectivity index (χ0) is 27.2. The lowest BCUT2D eigenvalue weighted by atomic mass is 10.2. The molecule has 3 heterocycles. The number of pyridine rings is 1. The molecule has 0 amide bonds. The van der Waals surface area contributed by atoms with E-state index in [2.05, 4.69) is 14.3 Å². The summed E-state index contributed by atoms with van der Waals surface area (Å²) < 4.78 is 85.0. The minimum absolute atomic E-state index is 0.0547. The van der Waals surface area contributed by atoms with Gasteiger partial charge in [0.15, 0.2) is 9.84 Å². The Labute approximate surface area is 210 Å². The summed E-state index contributed by atoms with van der Waals surface area (Å²) in [6, 6.07) is 10.1. The molecule has 1 aromatic carbocycles. The van der Waals surface area contributed by atoms with Crippen LogP contribution < -0.4 is 5.69 Å². The van der Waals surface area contributed by atoms with E-state index in [0.29, 0.717) is 10.1 Å². The van der Waals surface area contributed by atoms with E-state index in [1.165, 1.54) is 31.7 Å². The van der Waals surface area contributed by atoms with Gasteiger partial charge in [-0.05, 0) is 11.6 Å². The first-order valence-corrected chi connectivity index (χ1v) is 14.8. The van der Waals surface area contributed by atoms with Gasteiger partial charge < -0.3 is 0 Å². The van der Waals surface area contributed by atoms with Gasteiger partial charge in [0.1, 0.15) is 22.7 Å². The standard InChI is InChI=1S/C23H22F3N5O4S2/c1-4-37(34,35)18-10-16(29-36(2,3)33)12-27-21(18)17-14-31-20(28-17)11-19(23(24,25)26)30(22(31)32)13-15-8-6-5-7-9-15/h5-12,14H,4,13H2,1-3H3. The quantitative estimate of drug-likeness (QED) is 0.359. The maximum atomic E-state index is 13.9. The predicted molar refractivity (Wildman–Crippen MR) is 133 cm³/mol. The monoisotopic (exact) mass is 553 g/mol. The molecule has 9 nitrogen and oxygen atoms in total. The molecule has 0 radical (unpaired) electrons. The number of aromatic nitrogens is 4. The van der Waals surface area contributed by atoms with Crippen molar-refractivity contribution < 1.29 is 25.8 Å². The number of benzene rings is 1. The van der Waals surface area contributed by atoms with E-state index in [9.17, 15) is 30.6 Å². The summed E-state index contributed by atoms with van der Waals surface area (Å²) in [4.78, 5) is 21.1. The fourth-order valence-corrected chi connectivity index (χ4v) is 5.34. The van der Waals surface area contributed by atoms with Crippen molar-refractivity contribution in [3.63, 3.8) is 0 Å². The van der Waals surface area contributed by atoms with Crippen molar-refractivity contribution in [2.75, 3.05) is 18.3 Å². The van der Waals surface area contributed by atoms with Crippen molar-refractivity contribution in [1.29, 1.82) is 0 Å². The van der Waals surface area contributed by atoms with E-state index in [1.54, 1.807) is 30.3 Å². The Bertz CT molecular complexity index is 1780. The third-order valence-corrected chi connectivity index (χ3v) is 7.71. The van der Waals surface area contributed by atoms with Crippen LogP contribution in [0.4, 0.5) is 18.9 Å². The molecular weight excluding hydrogens is 531 g/mol. The summed E-state index contributed by atoms with van der Waals surface area (Å²) in [5, 5.41) is 0. The van der Waals surface area contributed by atoms with Crippen LogP contribution in [-0.2, 0) is 32.3 Å². The smallest absolute Gasteiger partial charge is 0.284 e. The molecule has 4 rings (SSSR count). The molecule has 0 aliphatic heterocycles. The predicted octanol–water partition coefficient (Wildman–Crippen LogP) is 3.78. The third-order valence-electron chi connectivity index (χ3n) is 5.32. The number of halogens is 3. The molecule has 3 aromatic heterocycles. The zero-order valence-corrected chi connectivity index (χ0v) is 21.6. The molecule has 0 N–H and O–H groups in total. The molecule has 14 heteroatoms. The summed E-state index contributed by atoms with van der Waals surface area (Å²) in [6.45, 7) is 1.07. The Balaban J connectivity index is 1.97. The molecule has 0 saturated carbocycles. The molecule has 0 bridgehead atoms. The lowest BCUT2D eigenvalue weighted by Gasteiger charge is -2.15. The fraction of sp³-hybridized carbons (Fsp3) is 0.261. The second kappa shape index (κ2) is 9.41. The molecule has 4 aromatic rings. The Hall–Kier alpha value is -3.52. The fourth-order valence-electron chi connectivity index (χ4n) is 3.67. The van der Waals surface area contributed by atoms with Crippen molar-refractivity contribution >= 4 is 30.9 Å². The highest BCUT2D eigenvalue weighted by Gasteiger charge is 2.36. The van der Waals surface area contributed by atoms with Crippen LogP contribution in [0.2, 0.25) is 0 Å². The second-order valence-corrected chi connectivity index (χ2v) is 13.2. The molecule has 0 saturated heterocycles. The number of alkyl halides is 3. The summed E-state index contributed by atoms with van der Waals surface area (Å²) in [5.74, 6) is -0.311. The van der Waals surface area contributed by atoms with Crippen LogP contribution in [0.5, 0.6) is 0 Å². The van der Waals surface area contributed by atoms with Gasteiger partial charge in [-0.15, -0.1) is 0 Å². The summed E-state index contributed by atoms with van der Waals surface area (Å²) in [7, 11) is -6.54. The lowest BCUT2D eigenvalue weighted by molar-refractivity contribution is -0.144. The minimum atomic E-state index is -4.85. The average molecular weight is 554 g/mol. The Morgan fingerprint density at radius 1 is 1.05 bits per heavy atom. The van der Waals surface area contributed by atoms with Gasteiger partial charge in [0.05, 0.1) is 29.1 Å². The Morgan fingerprint density at radius 3 is 2.32 bits per heavy atom. The number of nitrogens with zero attached hydrogens (tertiary/aromatic N) is 5. The van der Waals surface area contributed by atoms with E-state index in [4.69, 9.17) is 0 Å². The van der Waals surface area contributed by atoms with Gasteiger partial charge in [-0.3, -0.25) is 14.0 Å². The van der Waals surface area contributed by atoms with E-state index in [-0.39, 0.29) is 39.9 Å². The number of hydrogen-bond donors (Lipinski definition) is 0. The van der Waals surface area contributed by atoms with E-state index >= 15 is 0 Å². The topological polar surface area (TPSA) is 116 Å². The van der Waals surface area contributed by atoms with Gasteiger partial charge in [0, 0.05) is 34.5 Å². The van der Waals surface area contributed by atoms with E-state index in [1.807, 2.05) is 0 Å². The van der Waals surface area contributed by atoms with E-state index < -0.39 is 37.1 Å². The van der Waals surface area contributed by atoms with Gasteiger partial charge in [-0.1, -0.05) is 37.3 Å². The number of fused-ring (bicyclic) bond motifs is 1. The largest absolute Gasteiger partial charge is 0.431 e. The van der Waals surface area contributed by atoms with Crippen LogP contribution in [-0.4, -0.2) is 49.8 Å². The number of hydrogen-bond acceptors (Lipinski definition) is 7. The highest BCUT2D eigenvalue weighted by Crippen LogP contribution is 2.32. The average Bonchev–Trinajstić information content (AvgIpc) is 3.24. The van der Waals surface area contributed by atoms with Crippen LogP contribution in [0.25, 0.3) is 17.0 Å². The first-order chi connectivity index (χ1) is 17.2. The SMILES string of the molecule is CCS(=O)(=O)c1cc(N=S(C)(C)=O)cnc1-c1cn2c(=O)n(Cc3ccccc3)c(C(F)(F)F)cc2n1. The van der Waals surface area contributed by atoms with Crippen LogP contribution in [0.15, 0.2) is 68.9 Å². The number of sulfone groups is 1. The van der Waals surface area contributed by atoms with Crippen molar-refractivity contribution in [1.82, 2.24) is 18.9 Å². The van der Waals surface area contributed by atoms with Gasteiger partial charge in [0.25, 0.3) is 0 Å². The maximum Gasteiger partial charge on any atom is 0.431 e. The van der Waals surface area contributed by atoms with Gasteiger partial charge in [0.2, 0.25) is 0 Å². The zero-order valence-electron chi connectivity index (χ0n) is 19.9. The highest BCUT2D eigenvalue weighted by molar-refractivity contribution is 7.92. The molecule has 0 unspecified atom stereocenters. The first-order valence-electron chi connectivity index (χ1n) is 10.8. The first kappa shape index (κ1) is 26.5. The Kier molecular flexibility index (Phi) is 6.75. The van der Waals surface area contributed by atoms with Gasteiger partial charge in [-0.25, -0.2) is 22.4 Å². The number of rotatable bonds is 6. The molecule has 0 aliphatic carbocycles. The molecule has 0 spiro atoms. The Morgan fingerprint density at radius 2 is 1.73 bits per heavy atom. The summed E-state index contributed by atoms with van der Waals surface area (Å²) in [5.41, 5.74) is -2.27. The molecule has 196 valence electrons. The van der Waals surface area contributed by atoms with Gasteiger partial charge >= 0.3 is 11.9 Å². The molecule has 0 aliphatic rings. The van der Waals surface area contributed by atoms with Crippen LogP contribution in [0, 0.1) is 0 Å². The van der Waals surface area contributed by atoms with Crippen molar-refractivity contribution in [3.05, 3.63) is 76.6 Å². The second-order valence-electron chi connectivity index (χ2n) is 8.45.